The molecule has 0 amide bonds. The molecule has 0 saturated heterocycles. The van der Waals surface area contributed by atoms with Crippen molar-refractivity contribution in [3.8, 4) is 23.0 Å². The summed E-state index contributed by atoms with van der Waals surface area (Å²) in [6, 6.07) is 11.9. The molecule has 2 heterocycles. The summed E-state index contributed by atoms with van der Waals surface area (Å²) in [5, 5.41) is 15.6. The minimum atomic E-state index is -0.110. The van der Waals surface area contributed by atoms with Crippen LogP contribution in [-0.4, -0.2) is 48.1 Å². The Hall–Kier alpha value is -3.49. The van der Waals surface area contributed by atoms with Crippen LogP contribution in [0.4, 0.5) is 5.95 Å². The molecule has 3 aromatic rings. The highest BCUT2D eigenvalue weighted by Gasteiger charge is 2.32. The maximum atomic E-state index is 5.56. The second-order valence-electron chi connectivity index (χ2n) is 6.86. The van der Waals surface area contributed by atoms with Crippen molar-refractivity contribution in [2.75, 3.05) is 33.3 Å². The molecule has 2 atom stereocenters. The van der Waals surface area contributed by atoms with E-state index in [1.165, 1.54) is 0 Å². The van der Waals surface area contributed by atoms with Gasteiger partial charge in [0.1, 0.15) is 5.75 Å². The van der Waals surface area contributed by atoms with Crippen molar-refractivity contribution in [3.63, 3.8) is 0 Å². The number of nitrogens with zero attached hydrogens (tertiary/aromatic N) is 4. The van der Waals surface area contributed by atoms with Gasteiger partial charge in [-0.2, -0.15) is 0 Å². The van der Waals surface area contributed by atoms with E-state index in [4.69, 9.17) is 18.9 Å². The molecule has 1 aromatic heterocycles. The van der Waals surface area contributed by atoms with Crippen molar-refractivity contribution in [3.05, 3.63) is 47.5 Å². The molecule has 0 fully saturated rings. The van der Waals surface area contributed by atoms with Crippen LogP contribution in [0.15, 0.2) is 36.4 Å². The van der Waals surface area contributed by atoms with Crippen molar-refractivity contribution < 1.29 is 18.9 Å². The topological polar surface area (TPSA) is 92.5 Å². The Kier molecular flexibility index (Phi) is 5.60. The van der Waals surface area contributed by atoms with Crippen LogP contribution in [0.1, 0.15) is 36.6 Å². The number of hydrogen-bond acceptors (Lipinski definition) is 8. The first-order valence-electron chi connectivity index (χ1n) is 9.75. The number of tetrazole rings is 1. The van der Waals surface area contributed by atoms with E-state index in [0.29, 0.717) is 29.8 Å². The van der Waals surface area contributed by atoms with Crippen LogP contribution in [0.25, 0.3) is 0 Å². The van der Waals surface area contributed by atoms with Crippen LogP contribution in [0.3, 0.4) is 0 Å². The largest absolute Gasteiger partial charge is 0.494 e. The molecule has 0 saturated carbocycles. The quantitative estimate of drug-likeness (QED) is 0.633. The highest BCUT2D eigenvalue weighted by atomic mass is 16.5. The van der Waals surface area contributed by atoms with Crippen LogP contribution in [0, 0.1) is 0 Å². The van der Waals surface area contributed by atoms with Crippen LogP contribution < -0.4 is 24.3 Å². The fourth-order valence-corrected chi connectivity index (χ4v) is 3.79. The van der Waals surface area contributed by atoms with Gasteiger partial charge in [-0.15, -0.1) is 0 Å². The van der Waals surface area contributed by atoms with Crippen molar-refractivity contribution in [1.82, 2.24) is 20.2 Å². The van der Waals surface area contributed by atoms with E-state index in [2.05, 4.69) is 33.0 Å². The van der Waals surface area contributed by atoms with Crippen molar-refractivity contribution in [2.24, 2.45) is 0 Å². The first kappa shape index (κ1) is 19.8. The molecule has 0 unspecified atom stereocenters. The molecule has 2 aromatic carbocycles. The van der Waals surface area contributed by atoms with Gasteiger partial charge < -0.3 is 24.3 Å². The number of aromatic nitrogens is 4. The first-order valence-corrected chi connectivity index (χ1v) is 9.75. The SMILES string of the molecule is CCOc1ccc([C@H]2C[C@@H](c3cc(OC)c(OC)c(OC)c3)n3nnnc3N2)cc1. The second kappa shape index (κ2) is 8.48. The number of anilines is 1. The molecule has 0 spiro atoms. The van der Waals surface area contributed by atoms with Crippen molar-refractivity contribution in [2.45, 2.75) is 25.4 Å². The summed E-state index contributed by atoms with van der Waals surface area (Å²) in [6.07, 6.45) is 0.741. The average Bonchev–Trinajstić information content (AvgIpc) is 3.27. The third-order valence-corrected chi connectivity index (χ3v) is 5.22. The normalized spacial score (nSPS) is 17.6. The summed E-state index contributed by atoms with van der Waals surface area (Å²) < 4.78 is 23.9. The van der Waals surface area contributed by atoms with Gasteiger partial charge >= 0.3 is 0 Å². The molecule has 9 heteroatoms. The van der Waals surface area contributed by atoms with Gasteiger partial charge in [0.15, 0.2) is 11.5 Å². The Labute approximate surface area is 174 Å². The predicted molar refractivity (Wildman–Crippen MR) is 111 cm³/mol. The van der Waals surface area contributed by atoms with Gasteiger partial charge in [0, 0.05) is 0 Å². The third kappa shape index (κ3) is 3.58. The monoisotopic (exact) mass is 411 g/mol. The fourth-order valence-electron chi connectivity index (χ4n) is 3.79. The van der Waals surface area contributed by atoms with E-state index in [1.54, 1.807) is 26.0 Å². The smallest absolute Gasteiger partial charge is 0.243 e. The molecule has 0 bridgehead atoms. The second-order valence-corrected chi connectivity index (χ2v) is 6.86. The summed E-state index contributed by atoms with van der Waals surface area (Å²) in [5.74, 6) is 3.20. The van der Waals surface area contributed by atoms with Gasteiger partial charge in [-0.05, 0) is 59.2 Å². The lowest BCUT2D eigenvalue weighted by Crippen LogP contribution is -2.28. The summed E-state index contributed by atoms with van der Waals surface area (Å²) in [7, 11) is 4.80. The lowest BCUT2D eigenvalue weighted by molar-refractivity contribution is 0.321. The van der Waals surface area contributed by atoms with Gasteiger partial charge in [0.25, 0.3) is 0 Å². The van der Waals surface area contributed by atoms with E-state index in [0.717, 1.165) is 23.3 Å². The zero-order chi connectivity index (χ0) is 21.1. The molecule has 1 N–H and O–H groups in total. The summed E-state index contributed by atoms with van der Waals surface area (Å²) in [5.41, 5.74) is 2.10. The molecule has 0 radical (unpaired) electrons. The van der Waals surface area contributed by atoms with Crippen LogP contribution >= 0.6 is 0 Å². The lowest BCUT2D eigenvalue weighted by Gasteiger charge is -2.31. The fraction of sp³-hybridized carbons (Fsp3) is 0.381. The van der Waals surface area contributed by atoms with E-state index >= 15 is 0 Å². The molecule has 4 rings (SSSR count). The zero-order valence-electron chi connectivity index (χ0n) is 17.5. The maximum absolute atomic E-state index is 5.56. The van der Waals surface area contributed by atoms with Gasteiger partial charge in [-0.3, -0.25) is 0 Å². The Morgan fingerprint density at radius 2 is 1.70 bits per heavy atom. The minimum absolute atomic E-state index is 0.0308. The van der Waals surface area contributed by atoms with Crippen molar-refractivity contribution in [1.29, 1.82) is 0 Å². The number of methoxy groups -OCH3 is 3. The Morgan fingerprint density at radius 3 is 2.30 bits per heavy atom. The summed E-state index contributed by atoms with van der Waals surface area (Å²) in [6.45, 7) is 2.61. The maximum Gasteiger partial charge on any atom is 0.243 e. The number of rotatable bonds is 7. The molecular weight excluding hydrogens is 386 g/mol. The van der Waals surface area contributed by atoms with E-state index in [9.17, 15) is 0 Å². The molecule has 0 aliphatic carbocycles. The third-order valence-electron chi connectivity index (χ3n) is 5.22. The molecule has 158 valence electrons. The van der Waals surface area contributed by atoms with E-state index in [-0.39, 0.29) is 12.1 Å². The molecule has 1 aliphatic rings. The highest BCUT2D eigenvalue weighted by molar-refractivity contribution is 5.55. The number of nitrogens with one attached hydrogen (secondary N) is 1. The van der Waals surface area contributed by atoms with E-state index in [1.807, 2.05) is 31.2 Å². The van der Waals surface area contributed by atoms with E-state index < -0.39 is 0 Å². The number of benzene rings is 2. The Balaban J connectivity index is 1.71. The number of fused-ring (bicyclic) bond motifs is 1. The zero-order valence-corrected chi connectivity index (χ0v) is 17.5. The van der Waals surface area contributed by atoms with Crippen LogP contribution in [-0.2, 0) is 0 Å². The average molecular weight is 411 g/mol. The Morgan fingerprint density at radius 1 is 1.00 bits per heavy atom. The van der Waals surface area contributed by atoms with Gasteiger partial charge in [0.05, 0.1) is 40.0 Å². The van der Waals surface area contributed by atoms with Crippen LogP contribution in [0.2, 0.25) is 0 Å². The highest BCUT2D eigenvalue weighted by Crippen LogP contribution is 2.44. The van der Waals surface area contributed by atoms with Crippen LogP contribution in [0.5, 0.6) is 23.0 Å². The summed E-state index contributed by atoms with van der Waals surface area (Å²) in [4.78, 5) is 0. The predicted octanol–water partition coefficient (Wildman–Crippen LogP) is 3.24. The Bertz CT molecular complexity index is 980. The van der Waals surface area contributed by atoms with Gasteiger partial charge in [0.2, 0.25) is 11.7 Å². The first-order chi connectivity index (χ1) is 14.7. The molecule has 30 heavy (non-hydrogen) atoms. The standard InChI is InChI=1S/C21H25N5O4/c1-5-30-15-8-6-13(7-9-15)16-12-17(26-21(22-16)23-24-25-26)14-10-18(27-2)20(29-4)19(11-14)28-3/h6-11,16-17H,5,12H2,1-4H3,(H,22,23,25)/t16-,17+/m1/s1. The number of ether oxygens (including phenoxy) is 4. The minimum Gasteiger partial charge on any atom is -0.494 e. The molecule has 1 aliphatic heterocycles. The number of hydrogen-bond donors (Lipinski definition) is 1. The van der Waals surface area contributed by atoms with Gasteiger partial charge in [-0.25, -0.2) is 4.68 Å². The van der Waals surface area contributed by atoms with Crippen molar-refractivity contribution >= 4 is 5.95 Å². The molecular formula is C21H25N5O4. The van der Waals surface area contributed by atoms with Gasteiger partial charge in [-0.1, -0.05) is 17.2 Å². The lowest BCUT2D eigenvalue weighted by atomic mass is 9.93. The summed E-state index contributed by atoms with van der Waals surface area (Å²) >= 11 is 0. The molecule has 9 nitrogen and oxygen atoms in total.